The Labute approximate surface area is 109 Å². The normalized spacial score (nSPS) is 16.5. The van der Waals surface area contributed by atoms with Gasteiger partial charge in [0.25, 0.3) is 5.91 Å². The van der Waals surface area contributed by atoms with E-state index in [2.05, 4.69) is 5.32 Å². The number of nitrogen functional groups attached to an aromatic ring is 1. The average molecular weight is 246 g/mol. The molecule has 1 amide bonds. The second-order valence-corrected chi connectivity index (χ2v) is 5.29. The first kappa shape index (κ1) is 12.9. The van der Waals surface area contributed by atoms with Crippen molar-refractivity contribution in [1.82, 2.24) is 5.32 Å². The fourth-order valence-corrected chi connectivity index (χ4v) is 2.67. The molecule has 0 spiro atoms. The Bertz CT molecular complexity index is 423. The highest BCUT2D eigenvalue weighted by atomic mass is 16.1. The van der Waals surface area contributed by atoms with Gasteiger partial charge in [0.15, 0.2) is 0 Å². The molecule has 1 fully saturated rings. The summed E-state index contributed by atoms with van der Waals surface area (Å²) in [6.07, 6.45) is 6.46. The van der Waals surface area contributed by atoms with Crippen LogP contribution in [-0.2, 0) is 0 Å². The van der Waals surface area contributed by atoms with Crippen LogP contribution in [0.5, 0.6) is 0 Å². The summed E-state index contributed by atoms with van der Waals surface area (Å²) in [6.45, 7) is 2.73. The van der Waals surface area contributed by atoms with Crippen LogP contribution in [0.1, 0.15) is 48.0 Å². The molecule has 3 heteroatoms. The first-order chi connectivity index (χ1) is 8.66. The summed E-state index contributed by atoms with van der Waals surface area (Å²) in [6, 6.07) is 5.43. The SMILES string of the molecule is Cc1cc(N)ccc1C(=O)NCC1CCCCC1. The quantitative estimate of drug-likeness (QED) is 0.806. The first-order valence-corrected chi connectivity index (χ1v) is 6.81. The van der Waals surface area contributed by atoms with Crippen LogP contribution in [0.3, 0.4) is 0 Å². The van der Waals surface area contributed by atoms with Gasteiger partial charge in [-0.1, -0.05) is 19.3 Å². The van der Waals surface area contributed by atoms with Crippen LogP contribution >= 0.6 is 0 Å². The summed E-state index contributed by atoms with van der Waals surface area (Å²) in [5, 5.41) is 3.05. The van der Waals surface area contributed by atoms with E-state index in [4.69, 9.17) is 5.73 Å². The fraction of sp³-hybridized carbons (Fsp3) is 0.533. The summed E-state index contributed by atoms with van der Waals surface area (Å²) < 4.78 is 0. The molecule has 0 atom stereocenters. The van der Waals surface area contributed by atoms with Crippen LogP contribution in [0.2, 0.25) is 0 Å². The molecule has 18 heavy (non-hydrogen) atoms. The van der Waals surface area contributed by atoms with Gasteiger partial charge >= 0.3 is 0 Å². The maximum absolute atomic E-state index is 12.1. The molecule has 0 bridgehead atoms. The monoisotopic (exact) mass is 246 g/mol. The van der Waals surface area contributed by atoms with Crippen LogP contribution in [0, 0.1) is 12.8 Å². The number of hydrogen-bond acceptors (Lipinski definition) is 2. The van der Waals surface area contributed by atoms with E-state index < -0.39 is 0 Å². The molecule has 2 rings (SSSR count). The molecule has 0 aromatic heterocycles. The predicted molar refractivity (Wildman–Crippen MR) is 74.5 cm³/mol. The van der Waals surface area contributed by atoms with E-state index >= 15 is 0 Å². The molecular formula is C15H22N2O. The van der Waals surface area contributed by atoms with Crippen LogP contribution in [0.4, 0.5) is 5.69 Å². The van der Waals surface area contributed by atoms with E-state index in [1.807, 2.05) is 13.0 Å². The van der Waals surface area contributed by atoms with Crippen molar-refractivity contribution in [2.45, 2.75) is 39.0 Å². The number of hydrogen-bond donors (Lipinski definition) is 2. The zero-order chi connectivity index (χ0) is 13.0. The molecule has 1 saturated carbocycles. The van der Waals surface area contributed by atoms with Crippen molar-refractivity contribution >= 4 is 11.6 Å². The molecule has 0 saturated heterocycles. The van der Waals surface area contributed by atoms with Gasteiger partial charge in [-0.3, -0.25) is 4.79 Å². The maximum atomic E-state index is 12.1. The predicted octanol–water partition coefficient (Wildman–Crippen LogP) is 2.89. The van der Waals surface area contributed by atoms with Gasteiger partial charge in [-0.15, -0.1) is 0 Å². The number of nitrogens with two attached hydrogens (primary N) is 1. The minimum atomic E-state index is 0.0260. The van der Waals surface area contributed by atoms with Crippen molar-refractivity contribution in [2.75, 3.05) is 12.3 Å². The van der Waals surface area contributed by atoms with Crippen molar-refractivity contribution in [2.24, 2.45) is 5.92 Å². The Kier molecular flexibility index (Phi) is 4.24. The minimum absolute atomic E-state index is 0.0260. The summed E-state index contributed by atoms with van der Waals surface area (Å²) >= 11 is 0. The molecule has 0 radical (unpaired) electrons. The fourth-order valence-electron chi connectivity index (χ4n) is 2.67. The second-order valence-electron chi connectivity index (χ2n) is 5.29. The number of carbonyl (C=O) groups is 1. The molecule has 98 valence electrons. The van der Waals surface area contributed by atoms with E-state index in [0.29, 0.717) is 11.6 Å². The van der Waals surface area contributed by atoms with Crippen LogP contribution in [-0.4, -0.2) is 12.5 Å². The molecule has 3 nitrogen and oxygen atoms in total. The van der Waals surface area contributed by atoms with Gasteiger partial charge in [0, 0.05) is 17.8 Å². The van der Waals surface area contributed by atoms with Gasteiger partial charge in [-0.05, 0) is 49.4 Å². The van der Waals surface area contributed by atoms with Crippen molar-refractivity contribution in [3.8, 4) is 0 Å². The molecule has 1 aromatic rings. The van der Waals surface area contributed by atoms with Crippen LogP contribution < -0.4 is 11.1 Å². The third-order valence-electron chi connectivity index (χ3n) is 3.77. The molecular weight excluding hydrogens is 224 g/mol. The topological polar surface area (TPSA) is 55.1 Å². The highest BCUT2D eigenvalue weighted by molar-refractivity contribution is 5.95. The Hall–Kier alpha value is -1.51. The average Bonchev–Trinajstić information content (AvgIpc) is 2.37. The summed E-state index contributed by atoms with van der Waals surface area (Å²) in [5.41, 5.74) is 8.07. The third-order valence-corrected chi connectivity index (χ3v) is 3.77. The van der Waals surface area contributed by atoms with Crippen LogP contribution in [0.25, 0.3) is 0 Å². The number of carbonyl (C=O) groups excluding carboxylic acids is 1. The lowest BCUT2D eigenvalue weighted by atomic mass is 9.89. The van der Waals surface area contributed by atoms with Gasteiger partial charge in [-0.25, -0.2) is 0 Å². The lowest BCUT2D eigenvalue weighted by Crippen LogP contribution is -2.30. The lowest BCUT2D eigenvalue weighted by molar-refractivity contribution is 0.0943. The Morgan fingerprint density at radius 2 is 2.06 bits per heavy atom. The number of anilines is 1. The van der Waals surface area contributed by atoms with Crippen molar-refractivity contribution in [1.29, 1.82) is 0 Å². The zero-order valence-electron chi connectivity index (χ0n) is 11.0. The Morgan fingerprint density at radius 1 is 1.33 bits per heavy atom. The lowest BCUT2D eigenvalue weighted by Gasteiger charge is -2.21. The minimum Gasteiger partial charge on any atom is -0.399 e. The maximum Gasteiger partial charge on any atom is 0.251 e. The standard InChI is InChI=1S/C15H22N2O/c1-11-9-13(16)7-8-14(11)15(18)17-10-12-5-3-2-4-6-12/h7-9,12H,2-6,10,16H2,1H3,(H,17,18). The largest absolute Gasteiger partial charge is 0.399 e. The van der Waals surface area contributed by atoms with Crippen molar-refractivity contribution in [3.05, 3.63) is 29.3 Å². The highest BCUT2D eigenvalue weighted by Crippen LogP contribution is 2.23. The van der Waals surface area contributed by atoms with E-state index in [-0.39, 0.29) is 5.91 Å². The van der Waals surface area contributed by atoms with E-state index in [0.717, 1.165) is 17.7 Å². The van der Waals surface area contributed by atoms with Gasteiger partial charge in [0.05, 0.1) is 0 Å². The van der Waals surface area contributed by atoms with Crippen LogP contribution in [0.15, 0.2) is 18.2 Å². The van der Waals surface area contributed by atoms with Gasteiger partial charge in [0.2, 0.25) is 0 Å². The number of aryl methyl sites for hydroxylation is 1. The zero-order valence-corrected chi connectivity index (χ0v) is 11.0. The third kappa shape index (κ3) is 3.25. The van der Waals surface area contributed by atoms with E-state index in [9.17, 15) is 4.79 Å². The highest BCUT2D eigenvalue weighted by Gasteiger charge is 2.15. The smallest absolute Gasteiger partial charge is 0.251 e. The molecule has 3 N–H and O–H groups in total. The van der Waals surface area contributed by atoms with Crippen molar-refractivity contribution in [3.63, 3.8) is 0 Å². The van der Waals surface area contributed by atoms with Gasteiger partial charge in [-0.2, -0.15) is 0 Å². The van der Waals surface area contributed by atoms with Gasteiger partial charge < -0.3 is 11.1 Å². The Balaban J connectivity index is 1.90. The van der Waals surface area contributed by atoms with E-state index in [1.54, 1.807) is 12.1 Å². The number of nitrogens with one attached hydrogen (secondary N) is 1. The second kappa shape index (κ2) is 5.89. The van der Waals surface area contributed by atoms with E-state index in [1.165, 1.54) is 32.1 Å². The Morgan fingerprint density at radius 3 is 2.72 bits per heavy atom. The van der Waals surface area contributed by atoms with Gasteiger partial charge in [0.1, 0.15) is 0 Å². The first-order valence-electron chi connectivity index (χ1n) is 6.81. The number of rotatable bonds is 3. The molecule has 0 aliphatic heterocycles. The van der Waals surface area contributed by atoms with Crippen molar-refractivity contribution < 1.29 is 4.79 Å². The number of benzene rings is 1. The molecule has 1 aromatic carbocycles. The molecule has 1 aliphatic carbocycles. The summed E-state index contributed by atoms with van der Waals surface area (Å²) in [7, 11) is 0. The summed E-state index contributed by atoms with van der Waals surface area (Å²) in [4.78, 5) is 12.1. The summed E-state index contributed by atoms with van der Waals surface area (Å²) in [5.74, 6) is 0.690. The molecule has 0 unspecified atom stereocenters. The molecule has 1 aliphatic rings. The number of amides is 1. The molecule has 0 heterocycles.